The third-order valence-corrected chi connectivity index (χ3v) is 2.52. The van der Waals surface area contributed by atoms with Crippen LogP contribution in [-0.2, 0) is 0 Å². The van der Waals surface area contributed by atoms with Crippen LogP contribution in [0.2, 0.25) is 10.0 Å². The van der Waals surface area contributed by atoms with E-state index in [9.17, 15) is 0 Å². The molecule has 4 nitrogen and oxygen atoms in total. The summed E-state index contributed by atoms with van der Waals surface area (Å²) in [4.78, 5) is 1.76. The Balaban J connectivity index is 3.37. The number of hydrogen-bond donors (Lipinski definition) is 1. The van der Waals surface area contributed by atoms with Gasteiger partial charge in [-0.15, -0.1) is 0 Å². The van der Waals surface area contributed by atoms with Crippen LogP contribution >= 0.6 is 23.2 Å². The van der Waals surface area contributed by atoms with Crippen molar-refractivity contribution in [2.45, 2.75) is 0 Å². The zero-order chi connectivity index (χ0) is 12.3. The third-order valence-electron chi connectivity index (χ3n) is 1.94. The van der Waals surface area contributed by atoms with Crippen LogP contribution in [0.5, 0.6) is 0 Å². The van der Waals surface area contributed by atoms with Gasteiger partial charge in [-0.05, 0) is 12.1 Å². The van der Waals surface area contributed by atoms with Gasteiger partial charge in [0.05, 0.1) is 15.7 Å². The first-order valence-electron chi connectivity index (χ1n) is 4.30. The second-order valence-electron chi connectivity index (χ2n) is 3.24. The second-order valence-corrected chi connectivity index (χ2v) is 4.06. The van der Waals surface area contributed by atoms with Crippen molar-refractivity contribution < 1.29 is 5.21 Å². The van der Waals surface area contributed by atoms with Crippen molar-refractivity contribution in [1.29, 1.82) is 5.26 Å². The highest BCUT2D eigenvalue weighted by molar-refractivity contribution is 6.40. The van der Waals surface area contributed by atoms with Crippen molar-refractivity contribution in [3.63, 3.8) is 0 Å². The summed E-state index contributed by atoms with van der Waals surface area (Å²) in [6.07, 6.45) is 0. The Morgan fingerprint density at radius 3 is 2.19 bits per heavy atom. The molecule has 0 atom stereocenters. The van der Waals surface area contributed by atoms with Crippen LogP contribution in [0.15, 0.2) is 17.3 Å². The number of rotatable bonds is 2. The zero-order valence-electron chi connectivity index (χ0n) is 8.70. The summed E-state index contributed by atoms with van der Waals surface area (Å²) in [5.74, 6) is 0. The Morgan fingerprint density at radius 2 is 1.88 bits per heavy atom. The molecule has 84 valence electrons. The second kappa shape index (κ2) is 5.06. The summed E-state index contributed by atoms with van der Waals surface area (Å²) in [6.45, 7) is 0. The fraction of sp³-hybridized carbons (Fsp3) is 0.200. The average molecular weight is 258 g/mol. The van der Waals surface area contributed by atoms with Gasteiger partial charge in [0.2, 0.25) is 0 Å². The van der Waals surface area contributed by atoms with Gasteiger partial charge >= 0.3 is 0 Å². The van der Waals surface area contributed by atoms with Crippen molar-refractivity contribution >= 4 is 34.6 Å². The smallest absolute Gasteiger partial charge is 0.186 e. The van der Waals surface area contributed by atoms with Gasteiger partial charge in [0, 0.05) is 19.7 Å². The van der Waals surface area contributed by atoms with Gasteiger partial charge < -0.3 is 10.1 Å². The number of oxime groups is 1. The first-order chi connectivity index (χ1) is 7.51. The molecule has 0 unspecified atom stereocenters. The number of halogens is 2. The molecule has 1 rings (SSSR count). The molecule has 0 aromatic heterocycles. The van der Waals surface area contributed by atoms with Gasteiger partial charge in [0.25, 0.3) is 0 Å². The van der Waals surface area contributed by atoms with Gasteiger partial charge in [-0.25, -0.2) is 0 Å². The molecule has 0 radical (unpaired) electrons. The first kappa shape index (κ1) is 12.6. The summed E-state index contributed by atoms with van der Waals surface area (Å²) >= 11 is 12.0. The number of nitriles is 1. The normalized spacial score (nSPS) is 11.1. The van der Waals surface area contributed by atoms with Crippen LogP contribution in [0.1, 0.15) is 5.56 Å². The number of benzene rings is 1. The maximum Gasteiger partial charge on any atom is 0.186 e. The fourth-order valence-corrected chi connectivity index (χ4v) is 2.10. The largest absolute Gasteiger partial charge is 0.410 e. The van der Waals surface area contributed by atoms with Crippen LogP contribution in [0.3, 0.4) is 0 Å². The molecule has 1 aromatic rings. The van der Waals surface area contributed by atoms with E-state index in [1.807, 2.05) is 0 Å². The van der Waals surface area contributed by atoms with E-state index in [1.165, 1.54) is 12.1 Å². The summed E-state index contributed by atoms with van der Waals surface area (Å²) in [5.41, 5.74) is 0.905. The predicted octanol–water partition coefficient (Wildman–Crippen LogP) is 2.76. The zero-order valence-corrected chi connectivity index (χ0v) is 10.2. The van der Waals surface area contributed by atoms with Crippen molar-refractivity contribution in [3.8, 4) is 6.07 Å². The lowest BCUT2D eigenvalue weighted by Gasteiger charge is -2.16. The van der Waals surface area contributed by atoms with E-state index in [0.717, 1.165) is 0 Å². The molecule has 0 aliphatic rings. The molecule has 0 saturated heterocycles. The minimum Gasteiger partial charge on any atom is -0.410 e. The monoisotopic (exact) mass is 257 g/mol. The van der Waals surface area contributed by atoms with Gasteiger partial charge in [-0.3, -0.25) is 0 Å². The molecule has 0 aliphatic carbocycles. The van der Waals surface area contributed by atoms with Crippen LogP contribution in [0, 0.1) is 11.3 Å². The van der Waals surface area contributed by atoms with E-state index in [-0.39, 0.29) is 5.71 Å². The highest BCUT2D eigenvalue weighted by atomic mass is 35.5. The molecule has 6 heteroatoms. The topological polar surface area (TPSA) is 59.6 Å². The lowest BCUT2D eigenvalue weighted by Crippen LogP contribution is -2.10. The maximum absolute atomic E-state index is 8.70. The van der Waals surface area contributed by atoms with Crippen LogP contribution in [0.4, 0.5) is 5.69 Å². The van der Waals surface area contributed by atoms with Crippen molar-refractivity contribution in [3.05, 3.63) is 27.7 Å². The Morgan fingerprint density at radius 1 is 1.38 bits per heavy atom. The highest BCUT2D eigenvalue weighted by Crippen LogP contribution is 2.33. The van der Waals surface area contributed by atoms with Gasteiger partial charge in [-0.2, -0.15) is 5.26 Å². The number of nitrogens with zero attached hydrogens (tertiary/aromatic N) is 3. The van der Waals surface area contributed by atoms with Crippen LogP contribution in [0.25, 0.3) is 0 Å². The van der Waals surface area contributed by atoms with E-state index in [1.54, 1.807) is 25.1 Å². The van der Waals surface area contributed by atoms with Crippen molar-refractivity contribution in [2.24, 2.45) is 5.16 Å². The molecule has 0 amide bonds. The third kappa shape index (κ3) is 2.38. The first-order valence-corrected chi connectivity index (χ1v) is 5.05. The fourth-order valence-electron chi connectivity index (χ4n) is 1.27. The average Bonchev–Trinajstić information content (AvgIpc) is 2.17. The maximum atomic E-state index is 8.70. The van der Waals surface area contributed by atoms with Crippen molar-refractivity contribution in [1.82, 2.24) is 0 Å². The summed E-state index contributed by atoms with van der Waals surface area (Å²) in [5, 5.41) is 21.0. The minimum atomic E-state index is -0.130. The minimum absolute atomic E-state index is 0.130. The Kier molecular flexibility index (Phi) is 3.99. The lowest BCUT2D eigenvalue weighted by atomic mass is 10.1. The van der Waals surface area contributed by atoms with E-state index in [0.29, 0.717) is 21.3 Å². The lowest BCUT2D eigenvalue weighted by molar-refractivity contribution is 0.320. The van der Waals surface area contributed by atoms with Crippen LogP contribution in [-0.4, -0.2) is 25.0 Å². The molecule has 1 N–H and O–H groups in total. The Labute approximate surface area is 103 Å². The summed E-state index contributed by atoms with van der Waals surface area (Å²) in [6, 6.07) is 4.80. The Hall–Kier alpha value is -1.44. The van der Waals surface area contributed by atoms with Gasteiger partial charge in [-0.1, -0.05) is 28.4 Å². The molecule has 0 aliphatic heterocycles. The Bertz CT molecular complexity index is 454. The molecular formula is C10H9Cl2N3O. The van der Waals surface area contributed by atoms with E-state index < -0.39 is 0 Å². The SMILES string of the molecule is CN(C)c1c(Cl)cc(/C(C#N)=N\O)cc1Cl. The van der Waals surface area contributed by atoms with E-state index >= 15 is 0 Å². The van der Waals surface area contributed by atoms with Crippen molar-refractivity contribution in [2.75, 3.05) is 19.0 Å². The van der Waals surface area contributed by atoms with Gasteiger partial charge in [0.15, 0.2) is 5.71 Å². The number of hydrogen-bond acceptors (Lipinski definition) is 4. The predicted molar refractivity (Wildman–Crippen MR) is 64.7 cm³/mol. The van der Waals surface area contributed by atoms with Gasteiger partial charge in [0.1, 0.15) is 6.07 Å². The summed E-state index contributed by atoms with van der Waals surface area (Å²) in [7, 11) is 3.61. The molecule has 1 aromatic carbocycles. The van der Waals surface area contributed by atoms with Crippen LogP contribution < -0.4 is 4.90 Å². The highest BCUT2D eigenvalue weighted by Gasteiger charge is 2.13. The number of anilines is 1. The summed E-state index contributed by atoms with van der Waals surface area (Å²) < 4.78 is 0. The molecule has 0 fully saturated rings. The molecule has 0 saturated carbocycles. The standard InChI is InChI=1S/C10H9Cl2N3O/c1-15(2)10-7(11)3-6(4-8(10)12)9(5-13)14-16/h3-4,16H,1-2H3/b14-9-. The van der Waals surface area contributed by atoms with E-state index in [4.69, 9.17) is 33.7 Å². The quantitative estimate of drug-likeness (QED) is 0.504. The molecule has 0 bridgehead atoms. The molecular weight excluding hydrogens is 249 g/mol. The van der Waals surface area contributed by atoms with E-state index in [2.05, 4.69) is 5.16 Å². The molecule has 0 spiro atoms. The molecule has 16 heavy (non-hydrogen) atoms. The molecule has 0 heterocycles.